The molecule has 0 radical (unpaired) electrons. The van der Waals surface area contributed by atoms with Crippen molar-refractivity contribution in [1.29, 1.82) is 0 Å². The molecule has 7 nitrogen and oxygen atoms in total. The van der Waals surface area contributed by atoms with Gasteiger partial charge in [0.25, 0.3) is 0 Å². The second kappa shape index (κ2) is 12.8. The van der Waals surface area contributed by atoms with Crippen LogP contribution < -0.4 is 10.1 Å². The monoisotopic (exact) mass is 591 g/mol. The quantitative estimate of drug-likeness (QED) is 0.156. The number of hydrogen-bond donors (Lipinski definition) is 1. The molecule has 2 aromatic carbocycles. The number of nitrogens with zero attached hydrogens (tertiary/aromatic N) is 2. The highest BCUT2D eigenvalue weighted by Crippen LogP contribution is 2.32. The highest BCUT2D eigenvalue weighted by Gasteiger charge is 2.25. The molecule has 0 aliphatic heterocycles. The van der Waals surface area contributed by atoms with Gasteiger partial charge < -0.3 is 18.8 Å². The average molecular weight is 593 g/mol. The molecule has 1 aromatic heterocycles. The summed E-state index contributed by atoms with van der Waals surface area (Å²) in [5, 5.41) is 3.48. The van der Waals surface area contributed by atoms with Gasteiger partial charge in [-0.15, -0.1) is 0 Å². The Morgan fingerprint density at radius 1 is 1.19 bits per heavy atom. The van der Waals surface area contributed by atoms with Gasteiger partial charge in [-0.3, -0.25) is 5.32 Å². The van der Waals surface area contributed by atoms with Gasteiger partial charge in [0.2, 0.25) is 0 Å². The van der Waals surface area contributed by atoms with Gasteiger partial charge in [-0.25, -0.2) is 14.2 Å². The molecule has 0 aliphatic carbocycles. The van der Waals surface area contributed by atoms with Crippen LogP contribution in [0.5, 0.6) is 5.75 Å². The summed E-state index contributed by atoms with van der Waals surface area (Å²) < 4.78 is 33.8. The van der Waals surface area contributed by atoms with Gasteiger partial charge in [0.1, 0.15) is 24.1 Å². The molecule has 3 aromatic rings. The average Bonchev–Trinajstić information content (AvgIpc) is 3.21. The summed E-state index contributed by atoms with van der Waals surface area (Å²) in [4.78, 5) is 17.1. The van der Waals surface area contributed by atoms with Crippen LogP contribution >= 0.6 is 15.9 Å². The molecule has 200 valence electrons. The van der Waals surface area contributed by atoms with Crippen LogP contribution in [0.3, 0.4) is 0 Å². The summed E-state index contributed by atoms with van der Waals surface area (Å²) in [5.41, 5.74) is 2.68. The van der Waals surface area contributed by atoms with Crippen LogP contribution in [-0.2, 0) is 22.7 Å². The Morgan fingerprint density at radius 2 is 1.95 bits per heavy atom. The van der Waals surface area contributed by atoms with E-state index in [1.165, 1.54) is 19.2 Å². The SMILES string of the molecule is COC(=O)c1cc(Br)ccc1CNC(c1cc(F)ccc1OC)c1ncc(C)n1COCC[Si](C)(C)C. The van der Waals surface area contributed by atoms with Gasteiger partial charge in [-0.05, 0) is 48.9 Å². The summed E-state index contributed by atoms with van der Waals surface area (Å²) in [7, 11) is 1.67. The van der Waals surface area contributed by atoms with E-state index in [9.17, 15) is 9.18 Å². The molecule has 37 heavy (non-hydrogen) atoms. The lowest BCUT2D eigenvalue weighted by Gasteiger charge is -2.24. The summed E-state index contributed by atoms with van der Waals surface area (Å²) in [6.45, 7) is 10.2. The molecule has 1 atom stereocenters. The highest BCUT2D eigenvalue weighted by molar-refractivity contribution is 9.10. The van der Waals surface area contributed by atoms with Crippen LogP contribution in [0.2, 0.25) is 25.7 Å². The molecule has 0 saturated carbocycles. The van der Waals surface area contributed by atoms with Crippen molar-refractivity contribution in [3.05, 3.63) is 81.1 Å². The van der Waals surface area contributed by atoms with Crippen molar-refractivity contribution < 1.29 is 23.4 Å². The van der Waals surface area contributed by atoms with Gasteiger partial charge in [-0.2, -0.15) is 0 Å². The topological polar surface area (TPSA) is 74.6 Å². The smallest absolute Gasteiger partial charge is 0.338 e. The van der Waals surface area contributed by atoms with Crippen molar-refractivity contribution in [1.82, 2.24) is 14.9 Å². The van der Waals surface area contributed by atoms with Crippen LogP contribution in [0, 0.1) is 12.7 Å². The summed E-state index contributed by atoms with van der Waals surface area (Å²) in [6.07, 6.45) is 1.77. The number of hydrogen-bond acceptors (Lipinski definition) is 6. The van der Waals surface area contributed by atoms with E-state index < -0.39 is 20.1 Å². The number of rotatable bonds is 12. The van der Waals surface area contributed by atoms with Gasteiger partial charge >= 0.3 is 5.97 Å². The van der Waals surface area contributed by atoms with Crippen LogP contribution in [0.15, 0.2) is 47.1 Å². The zero-order valence-corrected chi connectivity index (χ0v) is 24.8. The number of esters is 1. The fourth-order valence-corrected chi connectivity index (χ4v) is 5.02. The molecule has 3 rings (SSSR count). The molecule has 1 unspecified atom stereocenters. The maximum Gasteiger partial charge on any atom is 0.338 e. The van der Waals surface area contributed by atoms with Crippen molar-refractivity contribution in [3.8, 4) is 5.75 Å². The molecular formula is C27H35BrFN3O4Si. The molecule has 0 bridgehead atoms. The first-order chi connectivity index (χ1) is 17.5. The number of benzene rings is 2. The van der Waals surface area contributed by atoms with E-state index >= 15 is 0 Å². The van der Waals surface area contributed by atoms with E-state index in [0.717, 1.165) is 21.8 Å². The Bertz CT molecular complexity index is 1230. The van der Waals surface area contributed by atoms with E-state index in [1.807, 2.05) is 23.6 Å². The number of aryl methyl sites for hydroxylation is 1. The first kappa shape index (κ1) is 29.0. The van der Waals surface area contributed by atoms with Crippen molar-refractivity contribution in [2.45, 2.75) is 51.9 Å². The van der Waals surface area contributed by atoms with Crippen LogP contribution in [0.1, 0.15) is 39.0 Å². The van der Waals surface area contributed by atoms with E-state index in [1.54, 1.807) is 25.4 Å². The Balaban J connectivity index is 1.98. The molecule has 10 heteroatoms. The van der Waals surface area contributed by atoms with Gasteiger partial charge in [0.05, 0.1) is 25.8 Å². The lowest BCUT2D eigenvalue weighted by Crippen LogP contribution is -2.28. The minimum absolute atomic E-state index is 0.296. The molecule has 0 aliphatic rings. The predicted molar refractivity (Wildman–Crippen MR) is 148 cm³/mol. The second-order valence-electron chi connectivity index (χ2n) is 10.0. The molecule has 1 N–H and O–H groups in total. The number of ether oxygens (including phenoxy) is 3. The minimum atomic E-state index is -1.23. The number of carbonyl (C=O) groups is 1. The molecule has 1 heterocycles. The summed E-state index contributed by atoms with van der Waals surface area (Å²) in [5.74, 6) is 0.356. The predicted octanol–water partition coefficient (Wildman–Crippen LogP) is 6.08. The van der Waals surface area contributed by atoms with Crippen LogP contribution in [-0.4, -0.2) is 44.4 Å². The second-order valence-corrected chi connectivity index (χ2v) is 16.6. The Labute approximate surface area is 227 Å². The van der Waals surface area contributed by atoms with E-state index in [0.29, 0.717) is 42.6 Å². The highest BCUT2D eigenvalue weighted by atomic mass is 79.9. The van der Waals surface area contributed by atoms with Gasteiger partial charge in [-0.1, -0.05) is 41.6 Å². The van der Waals surface area contributed by atoms with Gasteiger partial charge in [0.15, 0.2) is 0 Å². The van der Waals surface area contributed by atoms with Crippen LogP contribution in [0.25, 0.3) is 0 Å². The zero-order valence-electron chi connectivity index (χ0n) is 22.2. The standard InChI is InChI=1S/C27H35BrFN3O4Si/c1-18-15-31-26(32(18)17-36-11-12-37(4,5)6)25(23-14-21(29)9-10-24(23)34-2)30-16-19-7-8-20(28)13-22(19)27(33)35-3/h7-10,13-15,25,30H,11-12,16-17H2,1-6H3. The largest absolute Gasteiger partial charge is 0.496 e. The van der Waals surface area contributed by atoms with E-state index in [2.05, 4.69) is 45.9 Å². The number of imidazole rings is 1. The van der Waals surface area contributed by atoms with E-state index in [-0.39, 0.29) is 5.82 Å². The Morgan fingerprint density at radius 3 is 2.62 bits per heavy atom. The Kier molecular flexibility index (Phi) is 10.1. The van der Waals surface area contributed by atoms with Gasteiger partial charge in [0, 0.05) is 43.2 Å². The fourth-order valence-electron chi connectivity index (χ4n) is 3.90. The first-order valence-electron chi connectivity index (χ1n) is 12.1. The normalized spacial score (nSPS) is 12.4. The van der Waals surface area contributed by atoms with Crippen molar-refractivity contribution in [3.63, 3.8) is 0 Å². The van der Waals surface area contributed by atoms with Crippen LogP contribution in [0.4, 0.5) is 4.39 Å². The minimum Gasteiger partial charge on any atom is -0.496 e. The third-order valence-electron chi connectivity index (χ3n) is 6.04. The maximum atomic E-state index is 14.5. The molecular weight excluding hydrogens is 557 g/mol. The zero-order chi connectivity index (χ0) is 27.2. The summed E-state index contributed by atoms with van der Waals surface area (Å²) >= 11 is 3.42. The van der Waals surface area contributed by atoms with Crippen molar-refractivity contribution in [2.75, 3.05) is 20.8 Å². The third kappa shape index (κ3) is 7.73. The maximum absolute atomic E-state index is 14.5. The van der Waals surface area contributed by atoms with Crippen molar-refractivity contribution >= 4 is 30.0 Å². The number of nitrogens with one attached hydrogen (secondary N) is 1. The lowest BCUT2D eigenvalue weighted by molar-refractivity contribution is 0.0599. The molecule has 0 amide bonds. The number of aromatic nitrogens is 2. The summed E-state index contributed by atoms with van der Waals surface area (Å²) in [6, 6.07) is 10.3. The Hall–Kier alpha value is -2.53. The third-order valence-corrected chi connectivity index (χ3v) is 8.23. The van der Waals surface area contributed by atoms with E-state index in [4.69, 9.17) is 14.2 Å². The fraction of sp³-hybridized carbons (Fsp3) is 0.407. The number of carbonyl (C=O) groups excluding carboxylic acids is 1. The number of halogens is 2. The number of methoxy groups -OCH3 is 2. The molecule has 0 fully saturated rings. The molecule has 0 saturated heterocycles. The lowest BCUT2D eigenvalue weighted by atomic mass is 10.0. The van der Waals surface area contributed by atoms with Crippen molar-refractivity contribution in [2.24, 2.45) is 0 Å². The molecule has 0 spiro atoms. The first-order valence-corrected chi connectivity index (χ1v) is 16.6.